The zero-order valence-electron chi connectivity index (χ0n) is 13.3. The monoisotopic (exact) mass is 410 g/mol. The van der Waals surface area contributed by atoms with Gasteiger partial charge in [-0.1, -0.05) is 28.1 Å². The molecule has 0 bridgehead atoms. The molecule has 1 saturated heterocycles. The molecule has 2 aromatic carbocycles. The van der Waals surface area contributed by atoms with Gasteiger partial charge in [-0.25, -0.2) is 13.6 Å². The second-order valence-corrected chi connectivity index (χ2v) is 6.82. The molecule has 0 atom stereocenters. The van der Waals surface area contributed by atoms with E-state index in [9.17, 15) is 13.6 Å². The van der Waals surface area contributed by atoms with Gasteiger partial charge in [0.15, 0.2) is 0 Å². The first kappa shape index (κ1) is 17.8. The maximum absolute atomic E-state index is 13.8. The van der Waals surface area contributed by atoms with Crippen LogP contribution in [0.15, 0.2) is 46.9 Å². The van der Waals surface area contributed by atoms with Gasteiger partial charge in [-0.2, -0.15) is 0 Å². The molecule has 0 unspecified atom stereocenters. The molecule has 4 nitrogen and oxygen atoms in total. The average Bonchev–Trinajstić information content (AvgIpc) is 2.58. The lowest BCUT2D eigenvalue weighted by molar-refractivity contribution is 0.0417. The SMILES string of the molecule is O=C(Nc1ccc(F)cc1F)NC1(c2cccc(Br)c2)CCOCC1. The third-order valence-electron chi connectivity index (χ3n) is 4.26. The van der Waals surface area contributed by atoms with E-state index in [1.807, 2.05) is 24.3 Å². The lowest BCUT2D eigenvalue weighted by atomic mass is 9.83. The van der Waals surface area contributed by atoms with Crippen LogP contribution in [0.5, 0.6) is 0 Å². The van der Waals surface area contributed by atoms with Crippen LogP contribution in [0.4, 0.5) is 19.3 Å². The molecule has 0 aromatic heterocycles. The van der Waals surface area contributed by atoms with Crippen LogP contribution < -0.4 is 10.6 Å². The van der Waals surface area contributed by atoms with Crippen LogP contribution in [0.2, 0.25) is 0 Å². The Bertz CT molecular complexity index is 779. The second-order valence-electron chi connectivity index (χ2n) is 5.91. The summed E-state index contributed by atoms with van der Waals surface area (Å²) in [5, 5.41) is 5.40. The first-order valence-corrected chi connectivity index (χ1v) is 8.66. The fraction of sp³-hybridized carbons (Fsp3) is 0.278. The molecule has 25 heavy (non-hydrogen) atoms. The van der Waals surface area contributed by atoms with E-state index in [1.165, 1.54) is 6.07 Å². The Balaban J connectivity index is 1.81. The molecule has 0 aliphatic carbocycles. The van der Waals surface area contributed by atoms with Gasteiger partial charge in [0.1, 0.15) is 11.6 Å². The van der Waals surface area contributed by atoms with Crippen LogP contribution in [0.25, 0.3) is 0 Å². The number of benzene rings is 2. The number of hydrogen-bond donors (Lipinski definition) is 2. The van der Waals surface area contributed by atoms with Crippen LogP contribution in [0.1, 0.15) is 18.4 Å². The minimum absolute atomic E-state index is 0.0737. The Morgan fingerprint density at radius 2 is 1.88 bits per heavy atom. The number of halogens is 3. The molecule has 3 rings (SSSR count). The van der Waals surface area contributed by atoms with Crippen molar-refractivity contribution in [1.82, 2.24) is 5.32 Å². The normalized spacial score (nSPS) is 16.3. The molecule has 2 N–H and O–H groups in total. The summed E-state index contributed by atoms with van der Waals surface area (Å²) in [6, 6.07) is 10.2. The minimum Gasteiger partial charge on any atom is -0.381 e. The fourth-order valence-electron chi connectivity index (χ4n) is 2.95. The molecular formula is C18H17BrF2N2O2. The van der Waals surface area contributed by atoms with Crippen molar-refractivity contribution in [2.24, 2.45) is 0 Å². The largest absolute Gasteiger partial charge is 0.381 e. The summed E-state index contributed by atoms with van der Waals surface area (Å²) in [5.41, 5.74) is 0.262. The standard InChI is InChI=1S/C18H17BrF2N2O2/c19-13-3-1-2-12(10-13)18(6-8-25-9-7-18)23-17(24)22-16-5-4-14(20)11-15(16)21/h1-5,10-11H,6-9H2,(H2,22,23,24). The van der Waals surface area contributed by atoms with Gasteiger partial charge in [0.25, 0.3) is 0 Å². The highest BCUT2D eigenvalue weighted by atomic mass is 79.9. The first-order chi connectivity index (χ1) is 12.0. The van der Waals surface area contributed by atoms with Crippen molar-refractivity contribution >= 4 is 27.6 Å². The van der Waals surface area contributed by atoms with Crippen molar-refractivity contribution in [2.75, 3.05) is 18.5 Å². The van der Waals surface area contributed by atoms with Gasteiger partial charge in [-0.05, 0) is 42.7 Å². The molecule has 2 aromatic rings. The lowest BCUT2D eigenvalue weighted by Crippen LogP contribution is -2.51. The second kappa shape index (κ2) is 7.49. The van der Waals surface area contributed by atoms with Crippen molar-refractivity contribution in [1.29, 1.82) is 0 Å². The van der Waals surface area contributed by atoms with Crippen LogP contribution >= 0.6 is 15.9 Å². The Labute approximate surface area is 152 Å². The number of carbonyl (C=O) groups is 1. The number of hydrogen-bond acceptors (Lipinski definition) is 2. The third-order valence-corrected chi connectivity index (χ3v) is 4.75. The maximum atomic E-state index is 13.8. The van der Waals surface area contributed by atoms with Crippen molar-refractivity contribution < 1.29 is 18.3 Å². The van der Waals surface area contributed by atoms with E-state index in [4.69, 9.17) is 4.74 Å². The Morgan fingerprint density at radius 3 is 2.56 bits per heavy atom. The zero-order chi connectivity index (χ0) is 17.9. The molecule has 1 fully saturated rings. The van der Waals surface area contributed by atoms with Crippen LogP contribution in [0.3, 0.4) is 0 Å². The summed E-state index contributed by atoms with van der Waals surface area (Å²) in [7, 11) is 0. The van der Waals surface area contributed by atoms with Gasteiger partial charge in [0, 0.05) is 23.8 Å². The van der Waals surface area contributed by atoms with E-state index >= 15 is 0 Å². The number of carbonyl (C=O) groups excluding carboxylic acids is 1. The summed E-state index contributed by atoms with van der Waals surface area (Å²) in [5.74, 6) is -1.52. The van der Waals surface area contributed by atoms with E-state index in [2.05, 4.69) is 26.6 Å². The predicted molar refractivity (Wildman–Crippen MR) is 94.4 cm³/mol. The third kappa shape index (κ3) is 4.16. The highest BCUT2D eigenvalue weighted by Gasteiger charge is 2.36. The van der Waals surface area contributed by atoms with E-state index in [1.54, 1.807) is 0 Å². The summed E-state index contributed by atoms with van der Waals surface area (Å²) >= 11 is 3.44. The van der Waals surface area contributed by atoms with E-state index in [0.717, 1.165) is 22.2 Å². The number of rotatable bonds is 3. The van der Waals surface area contributed by atoms with Crippen LogP contribution in [-0.2, 0) is 10.3 Å². The minimum atomic E-state index is -0.821. The molecule has 1 aliphatic heterocycles. The average molecular weight is 411 g/mol. The van der Waals surface area contributed by atoms with Crippen molar-refractivity contribution in [2.45, 2.75) is 18.4 Å². The summed E-state index contributed by atoms with van der Waals surface area (Å²) in [6.07, 6.45) is 1.20. The van der Waals surface area contributed by atoms with E-state index < -0.39 is 23.2 Å². The van der Waals surface area contributed by atoms with Crippen molar-refractivity contribution in [3.63, 3.8) is 0 Å². The smallest absolute Gasteiger partial charge is 0.320 e. The van der Waals surface area contributed by atoms with Crippen molar-refractivity contribution in [3.8, 4) is 0 Å². The number of ether oxygens (including phenoxy) is 1. The quantitative estimate of drug-likeness (QED) is 0.779. The number of amides is 2. The lowest BCUT2D eigenvalue weighted by Gasteiger charge is -2.38. The van der Waals surface area contributed by atoms with Gasteiger partial charge in [0.05, 0.1) is 11.2 Å². The molecule has 132 valence electrons. The van der Waals surface area contributed by atoms with Gasteiger partial charge in [0.2, 0.25) is 0 Å². The van der Waals surface area contributed by atoms with Gasteiger partial charge < -0.3 is 15.4 Å². The fourth-order valence-corrected chi connectivity index (χ4v) is 3.35. The summed E-state index contributed by atoms with van der Waals surface area (Å²) in [6.45, 7) is 1.02. The predicted octanol–water partition coefficient (Wildman–Crippen LogP) is 4.55. The van der Waals surface area contributed by atoms with Crippen molar-refractivity contribution in [3.05, 3.63) is 64.1 Å². The molecule has 1 heterocycles. The Hall–Kier alpha value is -1.99. The first-order valence-electron chi connectivity index (χ1n) is 7.86. The summed E-state index contributed by atoms with van der Waals surface area (Å²) in [4.78, 5) is 12.4. The Morgan fingerprint density at radius 1 is 1.12 bits per heavy atom. The molecule has 0 saturated carbocycles. The van der Waals surface area contributed by atoms with Gasteiger partial charge in [-0.15, -0.1) is 0 Å². The van der Waals surface area contributed by atoms with Gasteiger partial charge in [-0.3, -0.25) is 0 Å². The van der Waals surface area contributed by atoms with Crippen LogP contribution in [-0.4, -0.2) is 19.2 Å². The topological polar surface area (TPSA) is 50.4 Å². The number of urea groups is 1. The molecule has 7 heteroatoms. The molecule has 2 amide bonds. The zero-order valence-corrected chi connectivity index (χ0v) is 14.9. The number of nitrogens with one attached hydrogen (secondary N) is 2. The highest BCUT2D eigenvalue weighted by Crippen LogP contribution is 2.33. The van der Waals surface area contributed by atoms with E-state index in [-0.39, 0.29) is 5.69 Å². The summed E-state index contributed by atoms with van der Waals surface area (Å²) < 4.78 is 33.1. The van der Waals surface area contributed by atoms with Gasteiger partial charge >= 0.3 is 6.03 Å². The Kier molecular flexibility index (Phi) is 5.34. The maximum Gasteiger partial charge on any atom is 0.320 e. The number of anilines is 1. The molecule has 1 aliphatic rings. The van der Waals surface area contributed by atoms with E-state index in [0.29, 0.717) is 26.1 Å². The highest BCUT2D eigenvalue weighted by molar-refractivity contribution is 9.10. The molecule has 0 spiro atoms. The molecular weight excluding hydrogens is 394 g/mol. The van der Waals surface area contributed by atoms with Crippen LogP contribution in [0, 0.1) is 11.6 Å². The molecule has 0 radical (unpaired) electrons.